The van der Waals surface area contributed by atoms with Crippen molar-refractivity contribution >= 4 is 23.7 Å². The van der Waals surface area contributed by atoms with E-state index < -0.39 is 18.4 Å². The van der Waals surface area contributed by atoms with Crippen LogP contribution in [0.1, 0.15) is 38.8 Å². The topological polar surface area (TPSA) is 64.6 Å². The third-order valence-corrected chi connectivity index (χ3v) is 3.13. The molecule has 1 radical (unpaired) electrons. The van der Waals surface area contributed by atoms with Gasteiger partial charge in [-0.2, -0.15) is 0 Å². The van der Waals surface area contributed by atoms with Gasteiger partial charge in [0.15, 0.2) is 0 Å². The number of esters is 1. The second-order valence-electron chi connectivity index (χ2n) is 5.10. The van der Waals surface area contributed by atoms with E-state index in [0.717, 1.165) is 5.56 Å². The zero-order chi connectivity index (χ0) is 16.7. The van der Waals surface area contributed by atoms with Gasteiger partial charge in [-0.05, 0) is 24.1 Å². The molecule has 2 atom stereocenters. The number of halogens is 1. The lowest BCUT2D eigenvalue weighted by atomic mass is 10.1. The Hall–Kier alpha value is -1.75. The van der Waals surface area contributed by atoms with Crippen molar-refractivity contribution in [2.45, 2.75) is 39.5 Å². The molecule has 1 aromatic rings. The summed E-state index contributed by atoms with van der Waals surface area (Å²) in [5, 5.41) is 3.29. The Balaban J connectivity index is 2.55. The molecule has 5 nitrogen and oxygen atoms in total. The largest absolute Gasteiger partial charge is 0.425 e. The van der Waals surface area contributed by atoms with Gasteiger partial charge in [0.25, 0.3) is 0 Å². The standard InChI is InChI=1S/C16H21ClNO4/c1-5-14(12-6-8-13(17)9-7-12)18-16(20)22-11(4)21-15(19)10(2)3/h6-11,14H,1,5H2,2-4H3,(H,18,20). The minimum absolute atomic E-state index is 0.282. The molecule has 0 heterocycles. The molecule has 121 valence electrons. The van der Waals surface area contributed by atoms with E-state index in [1.165, 1.54) is 6.92 Å². The lowest BCUT2D eigenvalue weighted by Crippen LogP contribution is -2.33. The Kier molecular flexibility index (Phi) is 7.18. The highest BCUT2D eigenvalue weighted by atomic mass is 35.5. The molecule has 0 fully saturated rings. The Morgan fingerprint density at radius 2 is 1.77 bits per heavy atom. The Labute approximate surface area is 135 Å². The van der Waals surface area contributed by atoms with Gasteiger partial charge < -0.3 is 14.8 Å². The molecule has 0 spiro atoms. The van der Waals surface area contributed by atoms with Gasteiger partial charge in [0, 0.05) is 11.9 Å². The zero-order valence-electron chi connectivity index (χ0n) is 13.0. The molecule has 1 rings (SSSR count). The van der Waals surface area contributed by atoms with Gasteiger partial charge in [0.05, 0.1) is 12.0 Å². The fraction of sp³-hybridized carbons (Fsp3) is 0.438. The molecule has 0 aliphatic heterocycles. The Morgan fingerprint density at radius 3 is 2.27 bits per heavy atom. The van der Waals surface area contributed by atoms with Gasteiger partial charge in [0.2, 0.25) is 6.29 Å². The highest BCUT2D eigenvalue weighted by Gasteiger charge is 2.19. The predicted molar refractivity (Wildman–Crippen MR) is 84.2 cm³/mol. The van der Waals surface area contributed by atoms with Crippen molar-refractivity contribution < 1.29 is 19.1 Å². The van der Waals surface area contributed by atoms with Crippen molar-refractivity contribution in [3.05, 3.63) is 41.8 Å². The van der Waals surface area contributed by atoms with Gasteiger partial charge in [-0.3, -0.25) is 4.79 Å². The van der Waals surface area contributed by atoms with Crippen LogP contribution in [-0.4, -0.2) is 18.4 Å². The van der Waals surface area contributed by atoms with Crippen LogP contribution in [0.5, 0.6) is 0 Å². The molecule has 6 heteroatoms. The fourth-order valence-electron chi connectivity index (χ4n) is 1.67. The SMILES string of the molecule is [CH2]CC(NC(=O)OC(C)OC(=O)C(C)C)c1ccc(Cl)cc1. The van der Waals surface area contributed by atoms with Crippen molar-refractivity contribution in [2.24, 2.45) is 5.92 Å². The van der Waals surface area contributed by atoms with Crippen LogP contribution in [0.15, 0.2) is 24.3 Å². The molecule has 22 heavy (non-hydrogen) atoms. The first-order chi connectivity index (χ1) is 10.3. The molecule has 1 N–H and O–H groups in total. The first-order valence-electron chi connectivity index (χ1n) is 7.05. The van der Waals surface area contributed by atoms with Crippen LogP contribution in [0.25, 0.3) is 0 Å². The highest BCUT2D eigenvalue weighted by Crippen LogP contribution is 2.19. The number of hydrogen-bond acceptors (Lipinski definition) is 4. The predicted octanol–water partition coefficient (Wildman–Crippen LogP) is 3.88. The van der Waals surface area contributed by atoms with Gasteiger partial charge in [-0.25, -0.2) is 4.79 Å². The average molecular weight is 327 g/mol. The molecule has 1 amide bonds. The van der Waals surface area contributed by atoms with E-state index in [2.05, 4.69) is 12.2 Å². The fourth-order valence-corrected chi connectivity index (χ4v) is 1.79. The summed E-state index contributed by atoms with van der Waals surface area (Å²) < 4.78 is 9.97. The molecule has 1 aromatic carbocycles. The Morgan fingerprint density at radius 1 is 1.18 bits per heavy atom. The average Bonchev–Trinajstić information content (AvgIpc) is 2.45. The molecule has 0 bridgehead atoms. The molecule has 0 saturated heterocycles. The second-order valence-corrected chi connectivity index (χ2v) is 5.54. The van der Waals surface area contributed by atoms with E-state index in [-0.39, 0.29) is 12.0 Å². The van der Waals surface area contributed by atoms with Gasteiger partial charge in [0.1, 0.15) is 0 Å². The summed E-state index contributed by atoms with van der Waals surface area (Å²) in [5.41, 5.74) is 0.864. The van der Waals surface area contributed by atoms with Crippen LogP contribution < -0.4 is 5.32 Å². The zero-order valence-corrected chi connectivity index (χ0v) is 13.7. The lowest BCUT2D eigenvalue weighted by molar-refractivity contribution is -0.168. The highest BCUT2D eigenvalue weighted by molar-refractivity contribution is 6.30. The molecular weight excluding hydrogens is 306 g/mol. The molecule has 0 aromatic heterocycles. The summed E-state index contributed by atoms with van der Waals surface area (Å²) in [4.78, 5) is 23.2. The van der Waals surface area contributed by atoms with Crippen LogP contribution in [0.4, 0.5) is 4.79 Å². The number of benzene rings is 1. The molecule has 0 aliphatic rings. The third-order valence-electron chi connectivity index (χ3n) is 2.88. The van der Waals surface area contributed by atoms with E-state index in [9.17, 15) is 9.59 Å². The maximum atomic E-state index is 11.8. The van der Waals surface area contributed by atoms with Gasteiger partial charge >= 0.3 is 12.1 Å². The number of hydrogen-bond donors (Lipinski definition) is 1. The number of rotatable bonds is 6. The number of carbonyl (C=O) groups is 2. The summed E-state index contributed by atoms with van der Waals surface area (Å²) >= 11 is 5.83. The molecule has 0 aliphatic carbocycles. The van der Waals surface area contributed by atoms with Crippen LogP contribution in [0.2, 0.25) is 5.02 Å². The number of carbonyl (C=O) groups excluding carboxylic acids is 2. The monoisotopic (exact) mass is 326 g/mol. The normalized spacial score (nSPS) is 13.4. The number of alkyl carbamates (subject to hydrolysis) is 1. The van der Waals surface area contributed by atoms with E-state index in [1.54, 1.807) is 38.1 Å². The maximum Gasteiger partial charge on any atom is 0.410 e. The summed E-state index contributed by atoms with van der Waals surface area (Å²) in [7, 11) is 0. The Bertz CT molecular complexity index is 501. The molecule has 2 unspecified atom stereocenters. The summed E-state index contributed by atoms with van der Waals surface area (Å²) in [5.74, 6) is -0.706. The van der Waals surface area contributed by atoms with E-state index in [1.807, 2.05) is 0 Å². The number of nitrogens with one attached hydrogen (secondary N) is 1. The van der Waals surface area contributed by atoms with Crippen molar-refractivity contribution in [1.82, 2.24) is 5.32 Å². The number of ether oxygens (including phenoxy) is 2. The van der Waals surface area contributed by atoms with E-state index >= 15 is 0 Å². The van der Waals surface area contributed by atoms with Crippen LogP contribution in [-0.2, 0) is 14.3 Å². The molecular formula is C16H21ClNO4. The summed E-state index contributed by atoms with van der Waals surface area (Å²) in [6.07, 6.45) is -1.19. The second kappa shape index (κ2) is 8.63. The first-order valence-corrected chi connectivity index (χ1v) is 7.43. The minimum Gasteiger partial charge on any atom is -0.425 e. The smallest absolute Gasteiger partial charge is 0.410 e. The van der Waals surface area contributed by atoms with Crippen molar-refractivity contribution in [2.75, 3.05) is 0 Å². The summed E-state index contributed by atoms with van der Waals surface area (Å²) in [6, 6.07) is 6.78. The third kappa shape index (κ3) is 5.93. The lowest BCUT2D eigenvalue weighted by Gasteiger charge is -2.20. The molecule has 0 saturated carbocycles. The first kappa shape index (κ1) is 18.3. The van der Waals surface area contributed by atoms with Crippen LogP contribution >= 0.6 is 11.6 Å². The van der Waals surface area contributed by atoms with Crippen LogP contribution in [0, 0.1) is 12.8 Å². The van der Waals surface area contributed by atoms with Crippen LogP contribution in [0.3, 0.4) is 0 Å². The maximum absolute atomic E-state index is 11.8. The van der Waals surface area contributed by atoms with Crippen molar-refractivity contribution in [3.63, 3.8) is 0 Å². The van der Waals surface area contributed by atoms with E-state index in [0.29, 0.717) is 11.4 Å². The van der Waals surface area contributed by atoms with Gasteiger partial charge in [-0.1, -0.05) is 44.5 Å². The summed E-state index contributed by atoms with van der Waals surface area (Å²) in [6.45, 7) is 8.69. The van der Waals surface area contributed by atoms with Crippen molar-refractivity contribution in [1.29, 1.82) is 0 Å². The van der Waals surface area contributed by atoms with E-state index in [4.69, 9.17) is 21.1 Å². The quantitative estimate of drug-likeness (QED) is 0.636. The minimum atomic E-state index is -0.953. The number of amides is 1. The van der Waals surface area contributed by atoms with Crippen molar-refractivity contribution in [3.8, 4) is 0 Å². The van der Waals surface area contributed by atoms with Gasteiger partial charge in [-0.15, -0.1) is 0 Å².